The second-order valence-corrected chi connectivity index (χ2v) is 5.21. The second kappa shape index (κ2) is 6.37. The molecule has 0 fully saturated rings. The lowest BCUT2D eigenvalue weighted by atomic mass is 10.0. The van der Waals surface area contributed by atoms with Gasteiger partial charge in [-0.1, -0.05) is 36.2 Å². The van der Waals surface area contributed by atoms with Crippen molar-refractivity contribution in [1.82, 2.24) is 20.5 Å². The fraction of sp³-hybridized carbons (Fsp3) is 0.385. The first-order chi connectivity index (χ1) is 9.11. The van der Waals surface area contributed by atoms with Crippen molar-refractivity contribution in [3.8, 4) is 0 Å². The summed E-state index contributed by atoms with van der Waals surface area (Å²) in [5.41, 5.74) is 1.11. The third kappa shape index (κ3) is 3.47. The number of halogens is 2. The topological polar surface area (TPSA) is 53.6 Å². The van der Waals surface area contributed by atoms with Crippen LogP contribution in [0.25, 0.3) is 0 Å². The number of rotatable bonds is 5. The summed E-state index contributed by atoms with van der Waals surface area (Å²) in [7, 11) is 0. The van der Waals surface area contributed by atoms with E-state index in [4.69, 9.17) is 23.2 Å². The number of nitrogens with zero attached hydrogens (tertiary/aromatic N) is 2. The second-order valence-electron chi connectivity index (χ2n) is 4.39. The number of aromatic amines is 1. The van der Waals surface area contributed by atoms with Gasteiger partial charge in [0.15, 0.2) is 0 Å². The maximum Gasteiger partial charge on any atom is 0.141 e. The number of H-pyrrole nitrogens is 1. The first kappa shape index (κ1) is 14.3. The summed E-state index contributed by atoms with van der Waals surface area (Å²) >= 11 is 12.0. The van der Waals surface area contributed by atoms with Gasteiger partial charge < -0.3 is 5.32 Å². The molecule has 2 N–H and O–H groups in total. The van der Waals surface area contributed by atoms with Crippen molar-refractivity contribution in [2.45, 2.75) is 32.4 Å². The van der Waals surface area contributed by atoms with Crippen molar-refractivity contribution in [2.75, 3.05) is 0 Å². The number of benzene rings is 1. The SMILES string of the molecule is CCC(NC(C)c1ncn[nH]1)c1ccc(Cl)c(Cl)c1. The van der Waals surface area contributed by atoms with Gasteiger partial charge in [-0.2, -0.15) is 5.10 Å². The molecule has 1 heterocycles. The fourth-order valence-electron chi connectivity index (χ4n) is 1.98. The van der Waals surface area contributed by atoms with E-state index in [1.54, 1.807) is 0 Å². The molecule has 0 aliphatic heterocycles. The van der Waals surface area contributed by atoms with Crippen molar-refractivity contribution in [1.29, 1.82) is 0 Å². The van der Waals surface area contributed by atoms with Crippen LogP contribution in [0.3, 0.4) is 0 Å². The Morgan fingerprint density at radius 1 is 1.32 bits per heavy atom. The van der Waals surface area contributed by atoms with Crippen LogP contribution in [-0.2, 0) is 0 Å². The van der Waals surface area contributed by atoms with E-state index >= 15 is 0 Å². The maximum atomic E-state index is 6.06. The van der Waals surface area contributed by atoms with Crippen LogP contribution in [0, 0.1) is 0 Å². The molecule has 1 aromatic carbocycles. The molecule has 0 saturated heterocycles. The Morgan fingerprint density at radius 3 is 2.68 bits per heavy atom. The molecule has 102 valence electrons. The molecule has 0 radical (unpaired) electrons. The Hall–Kier alpha value is -1.10. The zero-order valence-corrected chi connectivity index (χ0v) is 12.3. The summed E-state index contributed by atoms with van der Waals surface area (Å²) in [5, 5.41) is 11.4. The molecule has 2 atom stereocenters. The van der Waals surface area contributed by atoms with E-state index in [9.17, 15) is 0 Å². The molecule has 19 heavy (non-hydrogen) atoms. The van der Waals surface area contributed by atoms with Crippen molar-refractivity contribution in [3.63, 3.8) is 0 Å². The summed E-state index contributed by atoms with van der Waals surface area (Å²) in [6.45, 7) is 4.16. The Morgan fingerprint density at radius 2 is 2.11 bits per heavy atom. The van der Waals surface area contributed by atoms with Crippen LogP contribution >= 0.6 is 23.2 Å². The molecule has 4 nitrogen and oxygen atoms in total. The lowest BCUT2D eigenvalue weighted by Crippen LogP contribution is -2.25. The van der Waals surface area contributed by atoms with E-state index in [1.165, 1.54) is 6.33 Å². The lowest BCUT2D eigenvalue weighted by Gasteiger charge is -2.21. The van der Waals surface area contributed by atoms with Gasteiger partial charge in [-0.15, -0.1) is 0 Å². The predicted molar refractivity (Wildman–Crippen MR) is 77.4 cm³/mol. The van der Waals surface area contributed by atoms with Crippen LogP contribution in [0.1, 0.15) is 43.7 Å². The fourth-order valence-corrected chi connectivity index (χ4v) is 2.29. The van der Waals surface area contributed by atoms with Gasteiger partial charge in [0.2, 0.25) is 0 Å². The van der Waals surface area contributed by atoms with Crippen LogP contribution in [0.4, 0.5) is 0 Å². The average molecular weight is 299 g/mol. The van der Waals surface area contributed by atoms with Crippen molar-refractivity contribution < 1.29 is 0 Å². The first-order valence-electron chi connectivity index (χ1n) is 6.18. The largest absolute Gasteiger partial charge is 0.301 e. The molecule has 1 aromatic heterocycles. The smallest absolute Gasteiger partial charge is 0.141 e. The lowest BCUT2D eigenvalue weighted by molar-refractivity contribution is 0.443. The number of aromatic nitrogens is 3. The van der Waals surface area contributed by atoms with E-state index in [-0.39, 0.29) is 12.1 Å². The van der Waals surface area contributed by atoms with Gasteiger partial charge in [-0.05, 0) is 31.0 Å². The highest BCUT2D eigenvalue weighted by Crippen LogP contribution is 2.28. The zero-order valence-electron chi connectivity index (χ0n) is 10.8. The van der Waals surface area contributed by atoms with Crippen molar-refractivity contribution >= 4 is 23.2 Å². The van der Waals surface area contributed by atoms with E-state index in [2.05, 4.69) is 27.4 Å². The highest BCUT2D eigenvalue weighted by molar-refractivity contribution is 6.42. The van der Waals surface area contributed by atoms with Gasteiger partial charge in [0.05, 0.1) is 16.1 Å². The molecule has 0 aliphatic carbocycles. The predicted octanol–water partition coefficient (Wildman–Crippen LogP) is 3.91. The van der Waals surface area contributed by atoms with E-state index in [1.807, 2.05) is 25.1 Å². The van der Waals surface area contributed by atoms with Gasteiger partial charge in [-0.3, -0.25) is 5.10 Å². The maximum absolute atomic E-state index is 6.06. The summed E-state index contributed by atoms with van der Waals surface area (Å²) in [6, 6.07) is 5.99. The molecule has 2 rings (SSSR count). The highest BCUT2D eigenvalue weighted by atomic mass is 35.5. The third-order valence-corrected chi connectivity index (χ3v) is 3.79. The number of hydrogen-bond acceptors (Lipinski definition) is 3. The summed E-state index contributed by atoms with van der Waals surface area (Å²) in [6.07, 6.45) is 2.45. The number of nitrogens with one attached hydrogen (secondary N) is 2. The minimum Gasteiger partial charge on any atom is -0.301 e. The Kier molecular flexibility index (Phi) is 4.80. The molecule has 0 aliphatic rings. The molecule has 2 aromatic rings. The molecule has 0 bridgehead atoms. The van der Waals surface area contributed by atoms with Crippen LogP contribution in [0.2, 0.25) is 10.0 Å². The minimum atomic E-state index is 0.0851. The molecule has 0 saturated carbocycles. The molecule has 0 spiro atoms. The van der Waals surface area contributed by atoms with E-state index < -0.39 is 0 Å². The third-order valence-electron chi connectivity index (χ3n) is 3.05. The van der Waals surface area contributed by atoms with Crippen LogP contribution in [0.5, 0.6) is 0 Å². The van der Waals surface area contributed by atoms with Crippen LogP contribution < -0.4 is 5.32 Å². The van der Waals surface area contributed by atoms with E-state index in [0.29, 0.717) is 10.0 Å². The van der Waals surface area contributed by atoms with Crippen LogP contribution in [0.15, 0.2) is 24.5 Å². The van der Waals surface area contributed by atoms with Crippen molar-refractivity contribution in [3.05, 3.63) is 46.0 Å². The normalized spacial score (nSPS) is 14.3. The van der Waals surface area contributed by atoms with Gasteiger partial charge in [-0.25, -0.2) is 4.98 Å². The Bertz CT molecular complexity index is 527. The molecular weight excluding hydrogens is 283 g/mol. The van der Waals surface area contributed by atoms with Crippen molar-refractivity contribution in [2.24, 2.45) is 0 Å². The van der Waals surface area contributed by atoms with Crippen LogP contribution in [-0.4, -0.2) is 15.2 Å². The van der Waals surface area contributed by atoms with Gasteiger partial charge in [0.1, 0.15) is 12.2 Å². The quantitative estimate of drug-likeness (QED) is 0.880. The van der Waals surface area contributed by atoms with Gasteiger partial charge >= 0.3 is 0 Å². The summed E-state index contributed by atoms with van der Waals surface area (Å²) in [4.78, 5) is 4.15. The van der Waals surface area contributed by atoms with E-state index in [0.717, 1.165) is 17.8 Å². The molecular formula is C13H16Cl2N4. The zero-order chi connectivity index (χ0) is 13.8. The minimum absolute atomic E-state index is 0.0851. The standard InChI is InChI=1S/C13H16Cl2N4/c1-3-12(9-4-5-10(14)11(15)6-9)18-8(2)13-16-7-17-19-13/h4-8,12,18H,3H2,1-2H3,(H,16,17,19). The van der Waals surface area contributed by atoms with Gasteiger partial charge in [0, 0.05) is 6.04 Å². The first-order valence-corrected chi connectivity index (χ1v) is 6.93. The Labute approximate surface area is 122 Å². The van der Waals surface area contributed by atoms with Gasteiger partial charge in [0.25, 0.3) is 0 Å². The average Bonchev–Trinajstić information content (AvgIpc) is 2.93. The summed E-state index contributed by atoms with van der Waals surface area (Å²) in [5.74, 6) is 0.818. The monoisotopic (exact) mass is 298 g/mol. The molecule has 6 heteroatoms. The molecule has 0 amide bonds. The molecule has 2 unspecified atom stereocenters. The highest BCUT2D eigenvalue weighted by Gasteiger charge is 2.16. The number of hydrogen-bond donors (Lipinski definition) is 2. The summed E-state index contributed by atoms with van der Waals surface area (Å²) < 4.78 is 0. The Balaban J connectivity index is 2.13.